The van der Waals surface area contributed by atoms with Gasteiger partial charge >= 0.3 is 0 Å². The number of piperazine rings is 1. The predicted octanol–water partition coefficient (Wildman–Crippen LogP) is 2.81. The number of hydrogen-bond acceptors (Lipinski definition) is 4. The molecule has 0 spiro atoms. The van der Waals surface area contributed by atoms with E-state index in [-0.39, 0.29) is 11.5 Å². The fourth-order valence-corrected chi connectivity index (χ4v) is 4.35. The third-order valence-electron chi connectivity index (χ3n) is 5.90. The van der Waals surface area contributed by atoms with Gasteiger partial charge < -0.3 is 9.80 Å². The zero-order chi connectivity index (χ0) is 21.5. The number of aromatic nitrogens is 3. The van der Waals surface area contributed by atoms with Crippen LogP contribution < -0.4 is 5.56 Å². The fraction of sp³-hybridized carbons (Fsp3) is 0.261. The van der Waals surface area contributed by atoms with Crippen LogP contribution in [-0.4, -0.2) is 63.3 Å². The number of nitrogens with one attached hydrogen (secondary N) is 1. The number of benzene rings is 2. The van der Waals surface area contributed by atoms with Gasteiger partial charge in [0.15, 0.2) is 5.69 Å². The quantitative estimate of drug-likeness (QED) is 0.537. The Morgan fingerprint density at radius 2 is 1.77 bits per heavy atom. The van der Waals surface area contributed by atoms with Gasteiger partial charge in [-0.25, -0.2) is 4.98 Å². The maximum atomic E-state index is 13.5. The van der Waals surface area contributed by atoms with E-state index in [2.05, 4.69) is 14.9 Å². The molecule has 8 heteroatoms. The van der Waals surface area contributed by atoms with Gasteiger partial charge in [0.2, 0.25) is 5.78 Å². The first kappa shape index (κ1) is 19.8. The van der Waals surface area contributed by atoms with Gasteiger partial charge in [0.25, 0.3) is 11.5 Å². The summed E-state index contributed by atoms with van der Waals surface area (Å²) in [7, 11) is 2.05. The second-order valence-corrected chi connectivity index (χ2v) is 8.31. The van der Waals surface area contributed by atoms with Gasteiger partial charge in [-0.15, -0.1) is 0 Å². The Hall–Kier alpha value is -3.16. The summed E-state index contributed by atoms with van der Waals surface area (Å²) < 4.78 is 1.88. The first-order valence-electron chi connectivity index (χ1n) is 10.3. The van der Waals surface area contributed by atoms with Gasteiger partial charge in [0.1, 0.15) is 0 Å². The van der Waals surface area contributed by atoms with Gasteiger partial charge in [-0.3, -0.25) is 19.0 Å². The van der Waals surface area contributed by atoms with Crippen molar-refractivity contribution in [1.29, 1.82) is 0 Å². The van der Waals surface area contributed by atoms with Crippen LogP contribution in [0.3, 0.4) is 0 Å². The molecule has 0 atom stereocenters. The summed E-state index contributed by atoms with van der Waals surface area (Å²) in [4.78, 5) is 37.6. The van der Waals surface area contributed by atoms with Crippen LogP contribution in [0.4, 0.5) is 0 Å². The van der Waals surface area contributed by atoms with Crippen LogP contribution in [0, 0.1) is 0 Å². The first-order valence-corrected chi connectivity index (χ1v) is 10.6. The second-order valence-electron chi connectivity index (χ2n) is 7.90. The van der Waals surface area contributed by atoms with Crippen molar-refractivity contribution in [3.63, 3.8) is 0 Å². The highest BCUT2D eigenvalue weighted by molar-refractivity contribution is 6.31. The largest absolute Gasteiger partial charge is 0.335 e. The Kier molecular flexibility index (Phi) is 5.00. The number of amides is 1. The summed E-state index contributed by atoms with van der Waals surface area (Å²) in [5, 5.41) is 1.18. The molecule has 7 nitrogen and oxygen atoms in total. The molecule has 1 amide bonds. The molecule has 2 aromatic heterocycles. The van der Waals surface area contributed by atoms with E-state index in [4.69, 9.17) is 11.6 Å². The van der Waals surface area contributed by atoms with E-state index in [1.165, 1.54) is 0 Å². The highest BCUT2D eigenvalue weighted by Gasteiger charge is 2.27. The molecule has 1 fully saturated rings. The smallest absolute Gasteiger partial charge is 0.274 e. The van der Waals surface area contributed by atoms with Crippen molar-refractivity contribution in [3.05, 3.63) is 80.9 Å². The van der Waals surface area contributed by atoms with Crippen molar-refractivity contribution >= 4 is 34.2 Å². The van der Waals surface area contributed by atoms with E-state index in [1.54, 1.807) is 6.07 Å². The third-order valence-corrected chi connectivity index (χ3v) is 6.27. The van der Waals surface area contributed by atoms with Crippen molar-refractivity contribution in [2.24, 2.45) is 0 Å². The average molecular weight is 436 g/mol. The molecular weight excluding hydrogens is 414 g/mol. The summed E-state index contributed by atoms with van der Waals surface area (Å²) in [5.41, 5.74) is 2.47. The van der Waals surface area contributed by atoms with Crippen molar-refractivity contribution in [2.75, 3.05) is 33.2 Å². The molecule has 0 bridgehead atoms. The molecule has 31 heavy (non-hydrogen) atoms. The van der Waals surface area contributed by atoms with E-state index < -0.39 is 0 Å². The molecule has 158 valence electrons. The third kappa shape index (κ3) is 3.49. The average Bonchev–Trinajstić information content (AvgIpc) is 3.13. The van der Waals surface area contributed by atoms with E-state index in [1.807, 2.05) is 58.8 Å². The van der Waals surface area contributed by atoms with E-state index in [0.717, 1.165) is 24.3 Å². The van der Waals surface area contributed by atoms with Crippen LogP contribution in [0.25, 0.3) is 16.7 Å². The molecule has 0 saturated carbocycles. The lowest BCUT2D eigenvalue weighted by atomic mass is 10.1. The summed E-state index contributed by atoms with van der Waals surface area (Å²) in [5.74, 6) is 0.243. The van der Waals surface area contributed by atoms with Crippen molar-refractivity contribution < 1.29 is 4.79 Å². The van der Waals surface area contributed by atoms with Crippen LogP contribution in [0.15, 0.2) is 53.3 Å². The molecule has 3 heterocycles. The lowest BCUT2D eigenvalue weighted by Gasteiger charge is -2.32. The zero-order valence-corrected chi connectivity index (χ0v) is 17.9. The Labute approximate surface area is 183 Å². The number of carbonyl (C=O) groups excluding carboxylic acids is 1. The van der Waals surface area contributed by atoms with E-state index in [9.17, 15) is 9.59 Å². The normalized spacial score (nSPS) is 15.1. The number of carbonyl (C=O) groups is 1. The number of nitrogens with zero attached hydrogens (tertiary/aromatic N) is 4. The minimum atomic E-state index is -0.226. The van der Waals surface area contributed by atoms with Crippen LogP contribution in [0.1, 0.15) is 21.7 Å². The topological polar surface area (TPSA) is 73.7 Å². The van der Waals surface area contributed by atoms with Gasteiger partial charge in [0.05, 0.1) is 16.6 Å². The zero-order valence-electron chi connectivity index (χ0n) is 17.1. The Balaban J connectivity index is 1.72. The van der Waals surface area contributed by atoms with Gasteiger partial charge in [-0.2, -0.15) is 0 Å². The van der Waals surface area contributed by atoms with Gasteiger partial charge in [0, 0.05) is 37.6 Å². The number of H-pyrrole nitrogens is 1. The first-order chi connectivity index (χ1) is 15.0. The van der Waals surface area contributed by atoms with Gasteiger partial charge in [-0.05, 0) is 30.8 Å². The standard InChI is InChI=1S/C23H22ClN5O2/c1-27-10-12-28(13-11-27)22(31)20-19(14-15-6-2-4-8-17(15)24)29-18-9-5-3-7-16(18)21(30)26-23(29)25-20/h2-9H,10-14H2,1H3,(H,25,26,30). The Morgan fingerprint density at radius 1 is 1.06 bits per heavy atom. The Morgan fingerprint density at radius 3 is 2.55 bits per heavy atom. The minimum Gasteiger partial charge on any atom is -0.335 e. The molecule has 0 unspecified atom stereocenters. The molecule has 2 aromatic carbocycles. The SMILES string of the molecule is CN1CCN(C(=O)c2nc3[nH]c(=O)c4ccccc4n3c2Cc2ccccc2Cl)CC1. The maximum Gasteiger partial charge on any atom is 0.274 e. The molecule has 1 N–H and O–H groups in total. The number of rotatable bonds is 3. The predicted molar refractivity (Wildman–Crippen MR) is 121 cm³/mol. The van der Waals surface area contributed by atoms with Crippen LogP contribution >= 0.6 is 11.6 Å². The van der Waals surface area contributed by atoms with Crippen LogP contribution in [0.5, 0.6) is 0 Å². The number of likely N-dealkylation sites (N-methyl/N-ethyl adjacent to an activating group) is 1. The lowest BCUT2D eigenvalue weighted by molar-refractivity contribution is 0.0658. The number of fused-ring (bicyclic) bond motifs is 3. The minimum absolute atomic E-state index is 0.121. The highest BCUT2D eigenvalue weighted by Crippen LogP contribution is 2.25. The molecule has 4 aromatic rings. The highest BCUT2D eigenvalue weighted by atomic mass is 35.5. The van der Waals surface area contributed by atoms with E-state index in [0.29, 0.717) is 46.9 Å². The molecule has 5 rings (SSSR count). The van der Waals surface area contributed by atoms with Gasteiger partial charge in [-0.1, -0.05) is 41.9 Å². The molecule has 1 aliphatic heterocycles. The molecule has 0 radical (unpaired) electrons. The summed E-state index contributed by atoms with van der Waals surface area (Å²) in [6.07, 6.45) is 0.422. The van der Waals surface area contributed by atoms with Crippen molar-refractivity contribution in [3.8, 4) is 0 Å². The molecule has 1 aliphatic rings. The lowest BCUT2D eigenvalue weighted by Crippen LogP contribution is -2.47. The number of halogens is 1. The molecular formula is C23H22ClN5O2. The number of imidazole rings is 1. The fourth-order valence-electron chi connectivity index (χ4n) is 4.14. The maximum absolute atomic E-state index is 13.5. The number of hydrogen-bond donors (Lipinski definition) is 1. The monoisotopic (exact) mass is 435 g/mol. The summed E-state index contributed by atoms with van der Waals surface area (Å²) in [6.45, 7) is 2.93. The Bertz CT molecular complexity index is 1350. The summed E-state index contributed by atoms with van der Waals surface area (Å²) >= 11 is 6.44. The van der Waals surface area contributed by atoms with E-state index >= 15 is 0 Å². The second kappa shape index (κ2) is 7.83. The van der Waals surface area contributed by atoms with Crippen molar-refractivity contribution in [2.45, 2.75) is 6.42 Å². The summed E-state index contributed by atoms with van der Waals surface area (Å²) in [6, 6.07) is 14.9. The van der Waals surface area contributed by atoms with Crippen LogP contribution in [-0.2, 0) is 6.42 Å². The molecule has 1 saturated heterocycles. The van der Waals surface area contributed by atoms with Crippen molar-refractivity contribution in [1.82, 2.24) is 24.2 Å². The number of para-hydroxylation sites is 1. The molecule has 0 aliphatic carbocycles. The number of aromatic amines is 1. The van der Waals surface area contributed by atoms with Crippen LogP contribution in [0.2, 0.25) is 5.02 Å².